The van der Waals surface area contributed by atoms with Gasteiger partial charge in [0.15, 0.2) is 0 Å². The van der Waals surface area contributed by atoms with Crippen molar-refractivity contribution in [3.63, 3.8) is 0 Å². The molecule has 0 aromatic carbocycles. The SMILES string of the molecule is CC(=O)N1CCC(n2ccnc2Cl)CC1. The van der Waals surface area contributed by atoms with Crippen LogP contribution >= 0.6 is 11.6 Å². The molecule has 1 aromatic rings. The van der Waals surface area contributed by atoms with Gasteiger partial charge in [0.25, 0.3) is 0 Å². The van der Waals surface area contributed by atoms with Crippen molar-refractivity contribution in [1.82, 2.24) is 14.5 Å². The highest BCUT2D eigenvalue weighted by Crippen LogP contribution is 2.25. The average molecular weight is 228 g/mol. The number of hydrogen-bond donors (Lipinski definition) is 0. The topological polar surface area (TPSA) is 38.1 Å². The van der Waals surface area contributed by atoms with E-state index < -0.39 is 0 Å². The Bertz CT molecular complexity index is 355. The van der Waals surface area contributed by atoms with Crippen molar-refractivity contribution >= 4 is 17.5 Å². The largest absolute Gasteiger partial charge is 0.343 e. The average Bonchev–Trinajstić information content (AvgIpc) is 2.65. The molecule has 4 nitrogen and oxygen atoms in total. The van der Waals surface area contributed by atoms with Crippen LogP contribution in [0, 0.1) is 0 Å². The minimum absolute atomic E-state index is 0.158. The zero-order valence-electron chi connectivity index (χ0n) is 8.69. The summed E-state index contributed by atoms with van der Waals surface area (Å²) in [7, 11) is 0. The van der Waals surface area contributed by atoms with Crippen molar-refractivity contribution in [3.05, 3.63) is 17.7 Å². The second-order valence-corrected chi connectivity index (χ2v) is 4.18. The van der Waals surface area contributed by atoms with Gasteiger partial charge in [-0.1, -0.05) is 0 Å². The van der Waals surface area contributed by atoms with Crippen molar-refractivity contribution in [2.24, 2.45) is 0 Å². The molecule has 5 heteroatoms. The molecule has 1 aromatic heterocycles. The van der Waals surface area contributed by atoms with E-state index in [4.69, 9.17) is 11.6 Å². The Labute approximate surface area is 93.8 Å². The van der Waals surface area contributed by atoms with E-state index in [1.54, 1.807) is 13.1 Å². The molecule has 2 heterocycles. The van der Waals surface area contributed by atoms with Crippen LogP contribution in [0.5, 0.6) is 0 Å². The molecule has 0 aliphatic carbocycles. The number of amides is 1. The number of imidazole rings is 1. The van der Waals surface area contributed by atoms with E-state index in [2.05, 4.69) is 4.98 Å². The lowest BCUT2D eigenvalue weighted by Crippen LogP contribution is -2.37. The molecule has 2 rings (SSSR count). The first kappa shape index (κ1) is 10.5. The first-order valence-corrected chi connectivity index (χ1v) is 5.50. The molecule has 1 amide bonds. The highest BCUT2D eigenvalue weighted by molar-refractivity contribution is 6.28. The Hall–Kier alpha value is -1.03. The Morgan fingerprint density at radius 3 is 2.67 bits per heavy atom. The van der Waals surface area contributed by atoms with E-state index in [0.717, 1.165) is 25.9 Å². The molecule has 15 heavy (non-hydrogen) atoms. The number of aromatic nitrogens is 2. The van der Waals surface area contributed by atoms with Crippen molar-refractivity contribution in [2.75, 3.05) is 13.1 Å². The van der Waals surface area contributed by atoms with Crippen molar-refractivity contribution in [3.8, 4) is 0 Å². The minimum atomic E-state index is 0.158. The summed E-state index contributed by atoms with van der Waals surface area (Å²) >= 11 is 5.94. The van der Waals surface area contributed by atoms with Crippen molar-refractivity contribution < 1.29 is 4.79 Å². The van der Waals surface area contributed by atoms with Gasteiger partial charge in [0.1, 0.15) is 0 Å². The van der Waals surface area contributed by atoms with Crippen LogP contribution in [0.1, 0.15) is 25.8 Å². The third kappa shape index (κ3) is 2.15. The molecule has 0 N–H and O–H groups in total. The zero-order valence-corrected chi connectivity index (χ0v) is 9.44. The second kappa shape index (κ2) is 4.23. The van der Waals surface area contributed by atoms with Gasteiger partial charge in [-0.05, 0) is 24.4 Å². The van der Waals surface area contributed by atoms with Crippen LogP contribution in [-0.2, 0) is 4.79 Å². The Morgan fingerprint density at radius 2 is 2.20 bits per heavy atom. The summed E-state index contributed by atoms with van der Waals surface area (Å²) in [4.78, 5) is 17.0. The second-order valence-electron chi connectivity index (χ2n) is 3.84. The van der Waals surface area contributed by atoms with Gasteiger partial charge in [-0.15, -0.1) is 0 Å². The number of likely N-dealkylation sites (tertiary alicyclic amines) is 1. The quantitative estimate of drug-likeness (QED) is 0.733. The normalized spacial score (nSPS) is 18.1. The van der Waals surface area contributed by atoms with E-state index in [1.807, 2.05) is 15.7 Å². The highest BCUT2D eigenvalue weighted by atomic mass is 35.5. The van der Waals surface area contributed by atoms with Gasteiger partial charge in [-0.2, -0.15) is 0 Å². The zero-order chi connectivity index (χ0) is 10.8. The fourth-order valence-corrected chi connectivity index (χ4v) is 2.28. The Morgan fingerprint density at radius 1 is 1.53 bits per heavy atom. The summed E-state index contributed by atoms with van der Waals surface area (Å²) in [5.74, 6) is 0.158. The van der Waals surface area contributed by atoms with Crippen LogP contribution in [0.4, 0.5) is 0 Å². The van der Waals surface area contributed by atoms with E-state index in [0.29, 0.717) is 11.3 Å². The Kier molecular flexibility index (Phi) is 2.95. The van der Waals surface area contributed by atoms with Crippen molar-refractivity contribution in [1.29, 1.82) is 0 Å². The highest BCUT2D eigenvalue weighted by Gasteiger charge is 2.22. The molecule has 0 saturated carbocycles. The molecule has 1 saturated heterocycles. The number of halogens is 1. The molecular formula is C10H14ClN3O. The van der Waals surface area contributed by atoms with Gasteiger partial charge in [-0.25, -0.2) is 4.98 Å². The standard InChI is InChI=1S/C10H14ClN3O/c1-8(15)13-5-2-9(3-6-13)14-7-4-12-10(14)11/h4,7,9H,2-3,5-6H2,1H3. The van der Waals surface area contributed by atoms with E-state index in [9.17, 15) is 4.79 Å². The molecule has 1 fully saturated rings. The monoisotopic (exact) mass is 227 g/mol. The predicted octanol–water partition coefficient (Wildman–Crippen LogP) is 1.72. The van der Waals surface area contributed by atoms with Gasteiger partial charge >= 0.3 is 0 Å². The van der Waals surface area contributed by atoms with Crippen LogP contribution < -0.4 is 0 Å². The summed E-state index contributed by atoms with van der Waals surface area (Å²) in [5.41, 5.74) is 0. The lowest BCUT2D eigenvalue weighted by molar-refractivity contribution is -0.130. The minimum Gasteiger partial charge on any atom is -0.343 e. The summed E-state index contributed by atoms with van der Waals surface area (Å²) < 4.78 is 1.99. The molecule has 0 bridgehead atoms. The molecule has 82 valence electrons. The predicted molar refractivity (Wildman–Crippen MR) is 57.8 cm³/mol. The van der Waals surface area contributed by atoms with Gasteiger partial charge < -0.3 is 9.47 Å². The molecule has 0 unspecified atom stereocenters. The van der Waals surface area contributed by atoms with Gasteiger partial charge in [0.2, 0.25) is 11.2 Å². The van der Waals surface area contributed by atoms with Crippen LogP contribution in [0.3, 0.4) is 0 Å². The molecule has 1 aliphatic heterocycles. The fraction of sp³-hybridized carbons (Fsp3) is 0.600. The van der Waals surface area contributed by atoms with Crippen LogP contribution in [0.25, 0.3) is 0 Å². The molecule has 0 radical (unpaired) electrons. The van der Waals surface area contributed by atoms with Crippen LogP contribution in [-0.4, -0.2) is 33.4 Å². The van der Waals surface area contributed by atoms with Crippen LogP contribution in [0.2, 0.25) is 5.28 Å². The van der Waals surface area contributed by atoms with Crippen LogP contribution in [0.15, 0.2) is 12.4 Å². The van der Waals surface area contributed by atoms with E-state index in [1.165, 1.54) is 0 Å². The smallest absolute Gasteiger partial charge is 0.219 e. The summed E-state index contributed by atoms with van der Waals surface area (Å²) in [5, 5.41) is 0.538. The van der Waals surface area contributed by atoms with E-state index in [-0.39, 0.29) is 5.91 Å². The fourth-order valence-electron chi connectivity index (χ4n) is 2.03. The first-order valence-electron chi connectivity index (χ1n) is 5.12. The maximum Gasteiger partial charge on any atom is 0.219 e. The molecular weight excluding hydrogens is 214 g/mol. The number of piperidine rings is 1. The summed E-state index contributed by atoms with van der Waals surface area (Å²) in [6.45, 7) is 3.24. The number of carbonyl (C=O) groups is 1. The lowest BCUT2D eigenvalue weighted by atomic mass is 10.1. The van der Waals surface area contributed by atoms with Gasteiger partial charge in [0, 0.05) is 38.4 Å². The lowest BCUT2D eigenvalue weighted by Gasteiger charge is -2.32. The summed E-state index contributed by atoms with van der Waals surface area (Å²) in [6, 6.07) is 0.385. The molecule has 1 aliphatic rings. The maximum atomic E-state index is 11.1. The molecule has 0 atom stereocenters. The van der Waals surface area contributed by atoms with Gasteiger partial charge in [0.05, 0.1) is 0 Å². The number of nitrogens with zero attached hydrogens (tertiary/aromatic N) is 3. The maximum absolute atomic E-state index is 11.1. The number of hydrogen-bond acceptors (Lipinski definition) is 2. The first-order chi connectivity index (χ1) is 7.18. The number of carbonyl (C=O) groups excluding carboxylic acids is 1. The third-order valence-corrected chi connectivity index (χ3v) is 3.22. The van der Waals surface area contributed by atoms with E-state index >= 15 is 0 Å². The molecule has 0 spiro atoms. The third-order valence-electron chi connectivity index (χ3n) is 2.92. The number of rotatable bonds is 1. The van der Waals surface area contributed by atoms with Crippen molar-refractivity contribution in [2.45, 2.75) is 25.8 Å². The Balaban J connectivity index is 2.00. The summed E-state index contributed by atoms with van der Waals surface area (Å²) in [6.07, 6.45) is 5.52. The van der Waals surface area contributed by atoms with Gasteiger partial charge in [-0.3, -0.25) is 4.79 Å².